The van der Waals surface area contributed by atoms with Crippen molar-refractivity contribution in [1.29, 1.82) is 0 Å². The largest absolute Gasteiger partial charge is 0.475 e. The highest BCUT2D eigenvalue weighted by Crippen LogP contribution is 2.33. The first-order valence-corrected chi connectivity index (χ1v) is 15.6. The van der Waals surface area contributed by atoms with Gasteiger partial charge >= 0.3 is 5.97 Å². The quantitative estimate of drug-likeness (QED) is 0.108. The standard InChI is InChI=1S/C31H48N3O3S/c1-4-6-8-10-11-12-16-22-28(37-31(35)26-19-14-13-15-20-26)34(3)23-18-21-27(25-34)29-30(33-38-32-29)36-24-17-9-7-5-2/h13-15,19-21,28H,4-12,16-18,22-25H2,1-3H3/q+1. The van der Waals surface area contributed by atoms with Crippen LogP contribution < -0.4 is 4.74 Å². The van der Waals surface area contributed by atoms with Crippen LogP contribution in [0.3, 0.4) is 0 Å². The van der Waals surface area contributed by atoms with Gasteiger partial charge in [-0.25, -0.2) is 4.79 Å². The fourth-order valence-electron chi connectivity index (χ4n) is 5.19. The smallest absolute Gasteiger partial charge is 0.342 e. The van der Waals surface area contributed by atoms with Gasteiger partial charge in [-0.15, -0.1) is 4.37 Å². The van der Waals surface area contributed by atoms with Crippen molar-refractivity contribution in [1.82, 2.24) is 8.75 Å². The number of likely N-dealkylation sites (N-methyl/N-ethyl adjacent to an activating group) is 1. The summed E-state index contributed by atoms with van der Waals surface area (Å²) in [5.41, 5.74) is 2.62. The third-order valence-electron chi connectivity index (χ3n) is 7.56. The van der Waals surface area contributed by atoms with E-state index in [1.807, 2.05) is 30.3 Å². The van der Waals surface area contributed by atoms with Gasteiger partial charge in [0, 0.05) is 18.4 Å². The van der Waals surface area contributed by atoms with Gasteiger partial charge in [0.25, 0.3) is 5.88 Å². The van der Waals surface area contributed by atoms with Crippen LogP contribution >= 0.6 is 11.7 Å². The molecule has 1 aromatic carbocycles. The van der Waals surface area contributed by atoms with Crippen LogP contribution in [0.15, 0.2) is 36.4 Å². The van der Waals surface area contributed by atoms with Gasteiger partial charge in [0.1, 0.15) is 12.2 Å². The molecule has 210 valence electrons. The van der Waals surface area contributed by atoms with Crippen LogP contribution in [0.1, 0.15) is 113 Å². The Balaban J connectivity index is 1.66. The zero-order valence-corrected chi connectivity index (χ0v) is 24.6. The zero-order valence-electron chi connectivity index (χ0n) is 23.8. The third kappa shape index (κ3) is 9.49. The van der Waals surface area contributed by atoms with Gasteiger partial charge in [-0.2, -0.15) is 4.37 Å². The summed E-state index contributed by atoms with van der Waals surface area (Å²) < 4.78 is 22.1. The lowest BCUT2D eigenvalue weighted by molar-refractivity contribution is -0.947. The van der Waals surface area contributed by atoms with Crippen molar-refractivity contribution < 1.29 is 18.8 Å². The molecule has 0 spiro atoms. The first kappa shape index (κ1) is 30.3. The topological polar surface area (TPSA) is 61.3 Å². The molecule has 0 saturated carbocycles. The van der Waals surface area contributed by atoms with Crippen LogP contribution in [0.2, 0.25) is 0 Å². The molecule has 2 heterocycles. The Bertz CT molecular complexity index is 978. The molecule has 7 heteroatoms. The number of benzene rings is 1. The lowest BCUT2D eigenvalue weighted by Crippen LogP contribution is -2.56. The Kier molecular flexibility index (Phi) is 13.3. The van der Waals surface area contributed by atoms with E-state index in [-0.39, 0.29) is 12.2 Å². The molecule has 0 amide bonds. The van der Waals surface area contributed by atoms with Crippen molar-refractivity contribution in [2.45, 2.75) is 104 Å². The predicted octanol–water partition coefficient (Wildman–Crippen LogP) is 8.05. The fourth-order valence-corrected chi connectivity index (χ4v) is 5.72. The van der Waals surface area contributed by atoms with Crippen molar-refractivity contribution in [2.24, 2.45) is 0 Å². The van der Waals surface area contributed by atoms with E-state index in [1.54, 1.807) is 0 Å². The van der Waals surface area contributed by atoms with E-state index in [0.29, 0.717) is 22.5 Å². The van der Waals surface area contributed by atoms with E-state index in [1.165, 1.54) is 69.5 Å². The summed E-state index contributed by atoms with van der Waals surface area (Å²) in [6.07, 6.45) is 17.2. The lowest BCUT2D eigenvalue weighted by Gasteiger charge is -2.42. The lowest BCUT2D eigenvalue weighted by atomic mass is 10.0. The Hall–Kier alpha value is -2.25. The number of unbranched alkanes of at least 4 members (excludes halogenated alkanes) is 9. The monoisotopic (exact) mass is 542 g/mol. The molecular formula is C31H48N3O3S+. The van der Waals surface area contributed by atoms with Crippen molar-refractivity contribution in [3.63, 3.8) is 0 Å². The minimum atomic E-state index is -0.236. The van der Waals surface area contributed by atoms with Crippen molar-refractivity contribution in [2.75, 3.05) is 26.7 Å². The van der Waals surface area contributed by atoms with E-state index in [2.05, 4.69) is 35.7 Å². The Morgan fingerprint density at radius 1 is 0.947 bits per heavy atom. The van der Waals surface area contributed by atoms with E-state index in [9.17, 15) is 4.79 Å². The molecule has 0 N–H and O–H groups in total. The van der Waals surface area contributed by atoms with Crippen molar-refractivity contribution in [3.8, 4) is 5.88 Å². The number of carbonyl (C=O) groups is 1. The average Bonchev–Trinajstić information content (AvgIpc) is 3.41. The summed E-state index contributed by atoms with van der Waals surface area (Å²) in [6, 6.07) is 9.37. The summed E-state index contributed by atoms with van der Waals surface area (Å²) in [5, 5.41) is 0. The maximum Gasteiger partial charge on any atom is 0.342 e. The summed E-state index contributed by atoms with van der Waals surface area (Å²) in [6.45, 7) is 6.82. The molecule has 6 nitrogen and oxygen atoms in total. The van der Waals surface area contributed by atoms with Crippen LogP contribution in [-0.4, -0.2) is 52.2 Å². The highest BCUT2D eigenvalue weighted by atomic mass is 32.1. The minimum Gasteiger partial charge on any atom is -0.475 e. The van der Waals surface area contributed by atoms with E-state index in [0.717, 1.165) is 50.0 Å². The zero-order chi connectivity index (χ0) is 27.1. The maximum absolute atomic E-state index is 13.1. The van der Waals surface area contributed by atoms with E-state index < -0.39 is 0 Å². The minimum absolute atomic E-state index is 0.202. The molecule has 3 rings (SSSR count). The number of hydrogen-bond donors (Lipinski definition) is 0. The number of nitrogens with zero attached hydrogens (tertiary/aromatic N) is 3. The van der Waals surface area contributed by atoms with Gasteiger partial charge in [0.05, 0.1) is 37.5 Å². The predicted molar refractivity (Wildman–Crippen MR) is 156 cm³/mol. The molecule has 0 fully saturated rings. The molecule has 2 atom stereocenters. The Morgan fingerprint density at radius 3 is 2.37 bits per heavy atom. The van der Waals surface area contributed by atoms with Crippen LogP contribution in [0, 0.1) is 0 Å². The van der Waals surface area contributed by atoms with Crippen LogP contribution in [0.5, 0.6) is 5.88 Å². The molecule has 0 aliphatic carbocycles. The van der Waals surface area contributed by atoms with Crippen LogP contribution in [0.4, 0.5) is 0 Å². The summed E-state index contributed by atoms with van der Waals surface area (Å²) in [5.74, 6) is 0.413. The molecular weight excluding hydrogens is 494 g/mol. The third-order valence-corrected chi connectivity index (χ3v) is 8.08. The molecule has 0 radical (unpaired) electrons. The number of ether oxygens (including phenoxy) is 2. The van der Waals surface area contributed by atoms with Crippen LogP contribution in [0.25, 0.3) is 5.57 Å². The Morgan fingerprint density at radius 2 is 1.63 bits per heavy atom. The highest BCUT2D eigenvalue weighted by Gasteiger charge is 2.39. The fraction of sp³-hybridized carbons (Fsp3) is 0.645. The van der Waals surface area contributed by atoms with Gasteiger partial charge in [-0.1, -0.05) is 95.9 Å². The first-order chi connectivity index (χ1) is 18.6. The number of carbonyl (C=O) groups excluding carboxylic acids is 1. The molecule has 0 bridgehead atoms. The second-order valence-electron chi connectivity index (χ2n) is 10.8. The van der Waals surface area contributed by atoms with Crippen molar-refractivity contribution in [3.05, 3.63) is 47.7 Å². The van der Waals surface area contributed by atoms with E-state index >= 15 is 0 Å². The molecule has 1 aromatic heterocycles. The van der Waals surface area contributed by atoms with Crippen LogP contribution in [-0.2, 0) is 4.74 Å². The second-order valence-corrected chi connectivity index (χ2v) is 11.4. The number of esters is 1. The number of hydrogen-bond acceptors (Lipinski definition) is 6. The molecule has 2 aromatic rings. The molecule has 38 heavy (non-hydrogen) atoms. The first-order valence-electron chi connectivity index (χ1n) is 14.8. The van der Waals surface area contributed by atoms with Gasteiger partial charge in [-0.3, -0.25) is 4.48 Å². The number of quaternary nitrogens is 1. The van der Waals surface area contributed by atoms with Gasteiger partial charge in [-0.05, 0) is 25.0 Å². The summed E-state index contributed by atoms with van der Waals surface area (Å²) >= 11 is 1.21. The van der Waals surface area contributed by atoms with Gasteiger partial charge < -0.3 is 9.47 Å². The second kappa shape index (κ2) is 16.7. The van der Waals surface area contributed by atoms with Gasteiger partial charge in [0.2, 0.25) is 6.23 Å². The van der Waals surface area contributed by atoms with E-state index in [4.69, 9.17) is 9.47 Å². The summed E-state index contributed by atoms with van der Waals surface area (Å²) in [7, 11) is 2.22. The molecule has 0 saturated heterocycles. The molecule has 1 aliphatic heterocycles. The maximum atomic E-state index is 13.1. The highest BCUT2D eigenvalue weighted by molar-refractivity contribution is 6.99. The molecule has 2 unspecified atom stereocenters. The number of aromatic nitrogens is 2. The normalized spacial score (nSPS) is 18.1. The SMILES string of the molecule is CCCCCCCCCC(OC(=O)c1ccccc1)[N+]1(C)CCC=C(c2nsnc2OCCCCCC)C1. The number of rotatable bonds is 18. The van der Waals surface area contributed by atoms with Gasteiger partial charge in [0.15, 0.2) is 0 Å². The van der Waals surface area contributed by atoms with Crippen molar-refractivity contribution >= 4 is 23.3 Å². The average molecular weight is 543 g/mol. The summed E-state index contributed by atoms with van der Waals surface area (Å²) in [4.78, 5) is 13.1. The Labute approximate surface area is 234 Å². The molecule has 1 aliphatic rings.